The van der Waals surface area contributed by atoms with E-state index in [2.05, 4.69) is 9.88 Å². The van der Waals surface area contributed by atoms with Gasteiger partial charge in [-0.1, -0.05) is 24.1 Å². The lowest BCUT2D eigenvalue weighted by atomic mass is 10.2. The molecule has 2 aliphatic heterocycles. The van der Waals surface area contributed by atoms with Gasteiger partial charge in [-0.25, -0.2) is 13.4 Å². The Morgan fingerprint density at radius 1 is 0.903 bits per heavy atom. The lowest BCUT2D eigenvalue weighted by Gasteiger charge is -2.26. The van der Waals surface area contributed by atoms with Gasteiger partial charge in [0.05, 0.1) is 0 Å². The molecule has 2 aliphatic rings. The molecule has 0 bridgehead atoms. The highest BCUT2D eigenvalue weighted by Crippen LogP contribution is 2.22. The molecule has 2 fully saturated rings. The van der Waals surface area contributed by atoms with Crippen molar-refractivity contribution in [3.63, 3.8) is 0 Å². The Kier molecular flexibility index (Phi) is 6.79. The molecule has 0 radical (unpaired) electrons. The van der Waals surface area contributed by atoms with Gasteiger partial charge >= 0.3 is 0 Å². The summed E-state index contributed by atoms with van der Waals surface area (Å²) >= 11 is 6.02. The fourth-order valence-corrected chi connectivity index (χ4v) is 5.77. The summed E-state index contributed by atoms with van der Waals surface area (Å²) in [5.74, 6) is 0.704. The first kappa shape index (κ1) is 22.0. The predicted octanol–water partition coefficient (Wildman–Crippen LogP) is 3.26. The van der Waals surface area contributed by atoms with Crippen LogP contribution in [0.4, 0.5) is 5.82 Å². The van der Waals surface area contributed by atoms with Crippen LogP contribution in [0.5, 0.6) is 0 Å². The Morgan fingerprint density at radius 2 is 1.71 bits per heavy atom. The summed E-state index contributed by atoms with van der Waals surface area (Å²) in [4.78, 5) is 21.4. The number of carbonyl (C=O) groups excluding carboxylic acids is 1. The van der Waals surface area contributed by atoms with E-state index in [1.165, 1.54) is 6.20 Å². The SMILES string of the molecule is O=C(c1cccc(Cl)c1)N1CCCN(c2ccc(S(=O)(=O)N3CCCCC3)cn2)CC1. The summed E-state index contributed by atoms with van der Waals surface area (Å²) < 4.78 is 27.2. The van der Waals surface area contributed by atoms with Crippen molar-refractivity contribution in [3.8, 4) is 0 Å². The Morgan fingerprint density at radius 3 is 2.42 bits per heavy atom. The van der Waals surface area contributed by atoms with E-state index < -0.39 is 10.0 Å². The fourth-order valence-electron chi connectivity index (χ4n) is 4.12. The average Bonchev–Trinajstić information content (AvgIpc) is 3.06. The van der Waals surface area contributed by atoms with Gasteiger partial charge < -0.3 is 9.80 Å². The van der Waals surface area contributed by atoms with Gasteiger partial charge in [-0.2, -0.15) is 4.31 Å². The lowest BCUT2D eigenvalue weighted by molar-refractivity contribution is 0.0767. The molecule has 2 saturated heterocycles. The molecule has 7 nitrogen and oxygen atoms in total. The first-order valence-electron chi connectivity index (χ1n) is 10.7. The van der Waals surface area contributed by atoms with Crippen molar-refractivity contribution in [3.05, 3.63) is 53.2 Å². The number of pyridine rings is 1. The summed E-state index contributed by atoms with van der Waals surface area (Å²) in [5.41, 5.74) is 0.589. The number of nitrogens with zero attached hydrogens (tertiary/aromatic N) is 4. The number of piperidine rings is 1. The van der Waals surface area contributed by atoms with Crippen molar-refractivity contribution in [2.45, 2.75) is 30.6 Å². The van der Waals surface area contributed by atoms with E-state index in [0.29, 0.717) is 43.3 Å². The number of benzene rings is 1. The highest BCUT2D eigenvalue weighted by atomic mass is 35.5. The second-order valence-electron chi connectivity index (χ2n) is 7.96. The molecule has 0 atom stereocenters. The normalized spacial score (nSPS) is 18.6. The van der Waals surface area contributed by atoms with Gasteiger partial charge in [0.25, 0.3) is 5.91 Å². The Balaban J connectivity index is 1.42. The Bertz CT molecular complexity index is 1020. The fraction of sp³-hybridized carbons (Fsp3) is 0.455. The van der Waals surface area contributed by atoms with E-state index in [1.807, 2.05) is 4.90 Å². The van der Waals surface area contributed by atoms with Crippen molar-refractivity contribution in [2.24, 2.45) is 0 Å². The molecule has 3 heterocycles. The standard InChI is InChI=1S/C22H27ClN4O3S/c23-19-7-4-6-18(16-19)22(28)26-11-5-10-25(14-15-26)21-9-8-20(17-24-21)31(29,30)27-12-2-1-3-13-27/h4,6-9,16-17H,1-3,5,10-15H2. The van der Waals surface area contributed by atoms with Crippen LogP contribution in [0, 0.1) is 0 Å². The van der Waals surface area contributed by atoms with Gasteiger partial charge in [0, 0.05) is 56.1 Å². The molecule has 31 heavy (non-hydrogen) atoms. The number of amides is 1. The van der Waals surface area contributed by atoms with Crippen LogP contribution in [-0.2, 0) is 10.0 Å². The van der Waals surface area contributed by atoms with Crippen LogP contribution in [-0.4, -0.2) is 67.8 Å². The Hall–Kier alpha value is -2.16. The third kappa shape index (κ3) is 5.02. The van der Waals surface area contributed by atoms with E-state index >= 15 is 0 Å². The summed E-state index contributed by atoms with van der Waals surface area (Å²) in [5, 5.41) is 0.547. The molecule has 0 saturated carbocycles. The summed E-state index contributed by atoms with van der Waals surface area (Å²) in [6, 6.07) is 10.4. The van der Waals surface area contributed by atoms with Crippen molar-refractivity contribution in [1.29, 1.82) is 0 Å². The third-order valence-electron chi connectivity index (χ3n) is 5.85. The van der Waals surface area contributed by atoms with Gasteiger partial charge in [0.15, 0.2) is 0 Å². The van der Waals surface area contributed by atoms with Crippen LogP contribution in [0.3, 0.4) is 0 Å². The zero-order chi connectivity index (χ0) is 21.8. The van der Waals surface area contributed by atoms with Crippen LogP contribution in [0.2, 0.25) is 5.02 Å². The third-order valence-corrected chi connectivity index (χ3v) is 7.97. The smallest absolute Gasteiger partial charge is 0.253 e. The van der Waals surface area contributed by atoms with Gasteiger partial charge in [0.1, 0.15) is 10.7 Å². The van der Waals surface area contributed by atoms with Crippen molar-refractivity contribution < 1.29 is 13.2 Å². The Labute approximate surface area is 188 Å². The van der Waals surface area contributed by atoms with Crippen LogP contribution in [0.1, 0.15) is 36.0 Å². The highest BCUT2D eigenvalue weighted by molar-refractivity contribution is 7.89. The van der Waals surface area contributed by atoms with E-state index in [0.717, 1.165) is 38.0 Å². The number of hydrogen-bond acceptors (Lipinski definition) is 5. The summed E-state index contributed by atoms with van der Waals surface area (Å²) in [6.45, 7) is 3.77. The molecule has 2 aromatic rings. The number of hydrogen-bond donors (Lipinski definition) is 0. The van der Waals surface area contributed by atoms with Gasteiger partial charge in [0.2, 0.25) is 10.0 Å². The predicted molar refractivity (Wildman–Crippen MR) is 121 cm³/mol. The van der Waals surface area contributed by atoms with Crippen LogP contribution >= 0.6 is 11.6 Å². The molecule has 1 amide bonds. The molecule has 1 aromatic carbocycles. The zero-order valence-electron chi connectivity index (χ0n) is 17.4. The monoisotopic (exact) mass is 462 g/mol. The first-order chi connectivity index (χ1) is 14.9. The summed E-state index contributed by atoms with van der Waals surface area (Å²) in [6.07, 6.45) is 5.15. The van der Waals surface area contributed by atoms with Gasteiger partial charge in [-0.15, -0.1) is 0 Å². The molecule has 0 N–H and O–H groups in total. The molecule has 0 unspecified atom stereocenters. The van der Waals surface area contributed by atoms with Crippen LogP contribution in [0.15, 0.2) is 47.5 Å². The maximum Gasteiger partial charge on any atom is 0.253 e. The molecule has 4 rings (SSSR count). The van der Waals surface area contributed by atoms with E-state index in [9.17, 15) is 13.2 Å². The molecule has 0 spiro atoms. The molecule has 9 heteroatoms. The topological polar surface area (TPSA) is 73.8 Å². The van der Waals surface area contributed by atoms with Crippen molar-refractivity contribution in [1.82, 2.24) is 14.2 Å². The van der Waals surface area contributed by atoms with Gasteiger partial charge in [-0.05, 0) is 49.6 Å². The number of rotatable bonds is 4. The zero-order valence-corrected chi connectivity index (χ0v) is 19.0. The number of carbonyl (C=O) groups is 1. The molecule has 0 aliphatic carbocycles. The molecule has 166 valence electrons. The molecular formula is C22H27ClN4O3S. The second-order valence-corrected chi connectivity index (χ2v) is 10.3. The quantitative estimate of drug-likeness (QED) is 0.697. The minimum atomic E-state index is -3.48. The maximum absolute atomic E-state index is 12.8. The highest BCUT2D eigenvalue weighted by Gasteiger charge is 2.27. The molecule has 1 aromatic heterocycles. The number of sulfonamides is 1. The minimum absolute atomic E-state index is 0.0275. The van der Waals surface area contributed by atoms with E-state index in [-0.39, 0.29) is 10.8 Å². The lowest BCUT2D eigenvalue weighted by Crippen LogP contribution is -2.36. The second kappa shape index (κ2) is 9.54. The number of halogens is 1. The number of anilines is 1. The van der Waals surface area contributed by atoms with Crippen LogP contribution in [0.25, 0.3) is 0 Å². The molecular weight excluding hydrogens is 436 g/mol. The van der Waals surface area contributed by atoms with Crippen molar-refractivity contribution >= 4 is 33.3 Å². The minimum Gasteiger partial charge on any atom is -0.355 e. The maximum atomic E-state index is 12.8. The first-order valence-corrected chi connectivity index (χ1v) is 12.5. The van der Waals surface area contributed by atoms with Crippen molar-refractivity contribution in [2.75, 3.05) is 44.2 Å². The number of aromatic nitrogens is 1. The van der Waals surface area contributed by atoms with E-state index in [1.54, 1.807) is 40.7 Å². The van der Waals surface area contributed by atoms with Crippen LogP contribution < -0.4 is 4.90 Å². The average molecular weight is 463 g/mol. The largest absolute Gasteiger partial charge is 0.355 e. The van der Waals surface area contributed by atoms with E-state index in [4.69, 9.17) is 11.6 Å². The van der Waals surface area contributed by atoms with Gasteiger partial charge in [-0.3, -0.25) is 4.79 Å². The summed E-state index contributed by atoms with van der Waals surface area (Å²) in [7, 11) is -3.48.